The zero-order valence-corrected chi connectivity index (χ0v) is 12.0. The van der Waals surface area contributed by atoms with Gasteiger partial charge in [-0.05, 0) is 36.4 Å². The Morgan fingerprint density at radius 2 is 2.00 bits per heavy atom. The third-order valence-electron chi connectivity index (χ3n) is 3.31. The Bertz CT molecular complexity index is 944. The van der Waals surface area contributed by atoms with Gasteiger partial charge < -0.3 is 19.8 Å². The number of rotatable bonds is 2. The number of fused-ring (bicyclic) bond motifs is 2. The van der Waals surface area contributed by atoms with Gasteiger partial charge in [0, 0.05) is 11.3 Å². The SMILES string of the molecule is O=C(Nc1ccc2[nH]c(=O)sc2c1)c1ccc2c(c1)OCO2. The lowest BCUT2D eigenvalue weighted by Gasteiger charge is -2.06. The van der Waals surface area contributed by atoms with Crippen molar-refractivity contribution >= 4 is 33.1 Å². The van der Waals surface area contributed by atoms with Gasteiger partial charge in [-0.1, -0.05) is 11.3 Å². The van der Waals surface area contributed by atoms with Crippen molar-refractivity contribution in [3.63, 3.8) is 0 Å². The number of amides is 1. The first-order valence-electron chi connectivity index (χ1n) is 6.53. The number of hydrogen-bond acceptors (Lipinski definition) is 5. The molecule has 22 heavy (non-hydrogen) atoms. The summed E-state index contributed by atoms with van der Waals surface area (Å²) in [5.74, 6) is 0.947. The van der Waals surface area contributed by atoms with Crippen LogP contribution in [0.1, 0.15) is 10.4 Å². The number of hydrogen-bond donors (Lipinski definition) is 2. The predicted molar refractivity (Wildman–Crippen MR) is 83.0 cm³/mol. The molecule has 1 amide bonds. The molecule has 2 aromatic carbocycles. The summed E-state index contributed by atoms with van der Waals surface area (Å²) in [6.07, 6.45) is 0. The highest BCUT2D eigenvalue weighted by Gasteiger charge is 2.16. The largest absolute Gasteiger partial charge is 0.454 e. The molecule has 0 atom stereocenters. The van der Waals surface area contributed by atoms with E-state index in [1.54, 1.807) is 36.4 Å². The first-order valence-corrected chi connectivity index (χ1v) is 7.34. The molecule has 1 aliphatic heterocycles. The zero-order valence-electron chi connectivity index (χ0n) is 11.2. The maximum Gasteiger partial charge on any atom is 0.305 e. The van der Waals surface area contributed by atoms with Gasteiger partial charge in [-0.3, -0.25) is 9.59 Å². The van der Waals surface area contributed by atoms with E-state index < -0.39 is 0 Å². The van der Waals surface area contributed by atoms with Crippen LogP contribution in [0.4, 0.5) is 5.69 Å². The first kappa shape index (κ1) is 12.9. The van der Waals surface area contributed by atoms with Crippen molar-refractivity contribution < 1.29 is 14.3 Å². The Morgan fingerprint density at radius 3 is 2.91 bits per heavy atom. The second kappa shape index (κ2) is 4.88. The van der Waals surface area contributed by atoms with Crippen LogP contribution in [0.15, 0.2) is 41.2 Å². The Morgan fingerprint density at radius 1 is 1.14 bits per heavy atom. The minimum atomic E-state index is -0.250. The molecule has 1 aliphatic rings. The molecule has 0 bridgehead atoms. The lowest BCUT2D eigenvalue weighted by Crippen LogP contribution is -2.11. The highest BCUT2D eigenvalue weighted by Crippen LogP contribution is 2.32. The quantitative estimate of drug-likeness (QED) is 0.762. The molecule has 0 spiro atoms. The van der Waals surface area contributed by atoms with E-state index in [1.165, 1.54) is 0 Å². The maximum atomic E-state index is 12.3. The molecule has 0 fully saturated rings. The van der Waals surface area contributed by atoms with Crippen molar-refractivity contribution in [2.24, 2.45) is 0 Å². The Labute approximate surface area is 128 Å². The fraction of sp³-hybridized carbons (Fsp3) is 0.0667. The lowest BCUT2D eigenvalue weighted by molar-refractivity contribution is 0.102. The van der Waals surface area contributed by atoms with Gasteiger partial charge in [-0.15, -0.1) is 0 Å². The molecular weight excluding hydrogens is 304 g/mol. The van der Waals surface area contributed by atoms with Gasteiger partial charge in [0.2, 0.25) is 6.79 Å². The molecule has 6 nitrogen and oxygen atoms in total. The average molecular weight is 314 g/mol. The van der Waals surface area contributed by atoms with Gasteiger partial charge in [-0.25, -0.2) is 0 Å². The second-order valence-corrected chi connectivity index (χ2v) is 5.76. The van der Waals surface area contributed by atoms with Crippen molar-refractivity contribution in [2.45, 2.75) is 0 Å². The summed E-state index contributed by atoms with van der Waals surface area (Å²) in [6, 6.07) is 10.3. The minimum Gasteiger partial charge on any atom is -0.454 e. The van der Waals surface area contributed by atoms with Gasteiger partial charge in [0.05, 0.1) is 10.2 Å². The third kappa shape index (κ3) is 2.21. The van der Waals surface area contributed by atoms with Crippen LogP contribution in [0, 0.1) is 0 Å². The van der Waals surface area contributed by atoms with Crippen molar-refractivity contribution in [3.8, 4) is 11.5 Å². The summed E-state index contributed by atoms with van der Waals surface area (Å²) in [6.45, 7) is 0.170. The fourth-order valence-corrected chi connectivity index (χ4v) is 3.04. The van der Waals surface area contributed by atoms with Crippen molar-refractivity contribution in [1.29, 1.82) is 0 Å². The number of carbonyl (C=O) groups excluding carboxylic acids is 1. The average Bonchev–Trinajstić information content (AvgIpc) is 3.10. The number of aromatic amines is 1. The van der Waals surface area contributed by atoms with Gasteiger partial charge in [0.15, 0.2) is 11.5 Å². The maximum absolute atomic E-state index is 12.3. The molecule has 1 aromatic heterocycles. The van der Waals surface area contributed by atoms with Gasteiger partial charge in [-0.2, -0.15) is 0 Å². The number of benzene rings is 2. The van der Waals surface area contributed by atoms with Crippen LogP contribution in [-0.4, -0.2) is 17.7 Å². The van der Waals surface area contributed by atoms with Crippen LogP contribution < -0.4 is 19.7 Å². The molecule has 2 heterocycles. The van der Waals surface area contributed by atoms with E-state index in [0.29, 0.717) is 22.7 Å². The van der Waals surface area contributed by atoms with Crippen molar-refractivity contribution in [3.05, 3.63) is 51.6 Å². The summed E-state index contributed by atoms with van der Waals surface area (Å²) < 4.78 is 11.3. The number of thiazole rings is 1. The minimum absolute atomic E-state index is 0.116. The van der Waals surface area contributed by atoms with E-state index in [2.05, 4.69) is 10.3 Å². The number of carbonyl (C=O) groups is 1. The van der Waals surface area contributed by atoms with Gasteiger partial charge in [0.1, 0.15) is 0 Å². The van der Waals surface area contributed by atoms with Crippen LogP contribution in [0.5, 0.6) is 11.5 Å². The van der Waals surface area contributed by atoms with Gasteiger partial charge in [0.25, 0.3) is 5.91 Å². The summed E-state index contributed by atoms with van der Waals surface area (Å²) in [5, 5.41) is 2.81. The van der Waals surface area contributed by atoms with E-state index in [1.807, 2.05) is 0 Å². The molecule has 0 saturated carbocycles. The van der Waals surface area contributed by atoms with E-state index in [0.717, 1.165) is 21.6 Å². The summed E-state index contributed by atoms with van der Waals surface area (Å²) in [7, 11) is 0. The van der Waals surface area contributed by atoms with E-state index in [-0.39, 0.29) is 17.6 Å². The molecule has 0 saturated heterocycles. The standard InChI is InChI=1S/C15H10N2O4S/c18-14(8-1-4-11-12(5-8)21-7-20-11)16-9-2-3-10-13(6-9)22-15(19)17-10/h1-6H,7H2,(H,16,18)(H,17,19). The third-order valence-corrected chi connectivity index (χ3v) is 4.16. The normalized spacial score (nSPS) is 12.5. The number of aromatic nitrogens is 1. The van der Waals surface area contributed by atoms with Crippen molar-refractivity contribution in [2.75, 3.05) is 12.1 Å². The molecule has 0 radical (unpaired) electrons. The first-order chi connectivity index (χ1) is 10.7. The van der Waals surface area contributed by atoms with Crippen LogP contribution >= 0.6 is 11.3 Å². The Hall–Kier alpha value is -2.80. The Balaban J connectivity index is 1.61. The molecule has 0 unspecified atom stereocenters. The Kier molecular flexibility index (Phi) is 2.87. The zero-order chi connectivity index (χ0) is 15.1. The van der Waals surface area contributed by atoms with E-state index in [9.17, 15) is 9.59 Å². The van der Waals surface area contributed by atoms with Crippen LogP contribution in [-0.2, 0) is 0 Å². The van der Waals surface area contributed by atoms with Gasteiger partial charge >= 0.3 is 4.87 Å². The molecule has 110 valence electrons. The molecule has 2 N–H and O–H groups in total. The summed E-state index contributed by atoms with van der Waals surface area (Å²) >= 11 is 1.11. The second-order valence-electron chi connectivity index (χ2n) is 4.75. The fourth-order valence-electron chi connectivity index (χ4n) is 2.26. The number of anilines is 1. The molecule has 4 rings (SSSR count). The van der Waals surface area contributed by atoms with E-state index >= 15 is 0 Å². The van der Waals surface area contributed by atoms with Crippen molar-refractivity contribution in [1.82, 2.24) is 4.98 Å². The highest BCUT2D eigenvalue weighted by molar-refractivity contribution is 7.16. The lowest BCUT2D eigenvalue weighted by atomic mass is 10.2. The topological polar surface area (TPSA) is 80.4 Å². The number of ether oxygens (including phenoxy) is 2. The predicted octanol–water partition coefficient (Wildman–Crippen LogP) is 2.57. The van der Waals surface area contributed by atoms with Crippen LogP contribution in [0.3, 0.4) is 0 Å². The smallest absolute Gasteiger partial charge is 0.305 e. The van der Waals surface area contributed by atoms with Crippen LogP contribution in [0.2, 0.25) is 0 Å². The van der Waals surface area contributed by atoms with Crippen LogP contribution in [0.25, 0.3) is 10.2 Å². The summed E-state index contributed by atoms with van der Waals surface area (Å²) in [4.78, 5) is 26.2. The highest BCUT2D eigenvalue weighted by atomic mass is 32.1. The molecule has 0 aliphatic carbocycles. The molecule has 7 heteroatoms. The number of H-pyrrole nitrogens is 1. The van der Waals surface area contributed by atoms with E-state index in [4.69, 9.17) is 9.47 Å². The number of nitrogens with one attached hydrogen (secondary N) is 2. The molecule has 3 aromatic rings. The molecular formula is C15H10N2O4S. The monoisotopic (exact) mass is 314 g/mol. The summed E-state index contributed by atoms with van der Waals surface area (Å²) in [5.41, 5.74) is 1.87.